The highest BCUT2D eigenvalue weighted by Crippen LogP contribution is 2.28. The number of hydrogen-bond donors (Lipinski definition) is 1. The number of methoxy groups -OCH3 is 2. The maximum atomic E-state index is 12.3. The van der Waals surface area contributed by atoms with Crippen LogP contribution in [0.25, 0.3) is 0 Å². The van der Waals surface area contributed by atoms with E-state index in [1.165, 1.54) is 31.0 Å². The molecule has 1 aliphatic rings. The number of ether oxygens (including phenoxy) is 3. The largest absolute Gasteiger partial charge is 0.497 e. The fraction of sp³-hybridized carbons (Fsp3) is 0.400. The SMILES string of the molecule is CCCCCCOc1ccc(/C=N\N=C2/NC(=O)[C@H](Cc3cccc(OC)c3)S2)cc1OC. The number of benzene rings is 2. The van der Waals surface area contributed by atoms with Gasteiger partial charge in [0.1, 0.15) is 5.75 Å². The van der Waals surface area contributed by atoms with E-state index < -0.39 is 0 Å². The number of nitrogens with one attached hydrogen (secondary N) is 1. The van der Waals surface area contributed by atoms with Crippen LogP contribution in [-0.4, -0.2) is 43.4 Å². The van der Waals surface area contributed by atoms with Crippen LogP contribution in [-0.2, 0) is 11.2 Å². The Morgan fingerprint density at radius 3 is 2.73 bits per heavy atom. The Labute approximate surface area is 199 Å². The molecular weight excluding hydrogens is 438 g/mol. The van der Waals surface area contributed by atoms with Gasteiger partial charge in [-0.25, -0.2) is 0 Å². The van der Waals surface area contributed by atoms with Gasteiger partial charge in [0.15, 0.2) is 16.7 Å². The van der Waals surface area contributed by atoms with Crippen molar-refractivity contribution in [1.82, 2.24) is 5.32 Å². The minimum atomic E-state index is -0.250. The first-order valence-electron chi connectivity index (χ1n) is 11.1. The van der Waals surface area contributed by atoms with Crippen LogP contribution < -0.4 is 19.5 Å². The second-order valence-electron chi connectivity index (χ2n) is 7.62. The lowest BCUT2D eigenvalue weighted by Crippen LogP contribution is -2.25. The first-order chi connectivity index (χ1) is 16.1. The van der Waals surface area contributed by atoms with E-state index in [4.69, 9.17) is 14.2 Å². The van der Waals surface area contributed by atoms with E-state index in [2.05, 4.69) is 22.4 Å². The van der Waals surface area contributed by atoms with Crippen LogP contribution in [0.15, 0.2) is 52.7 Å². The molecule has 1 saturated heterocycles. The highest BCUT2D eigenvalue weighted by molar-refractivity contribution is 8.15. The Morgan fingerprint density at radius 1 is 1.06 bits per heavy atom. The van der Waals surface area contributed by atoms with Crippen LogP contribution in [0.2, 0.25) is 0 Å². The smallest absolute Gasteiger partial charge is 0.239 e. The van der Waals surface area contributed by atoms with Crippen molar-refractivity contribution in [3.63, 3.8) is 0 Å². The maximum absolute atomic E-state index is 12.3. The van der Waals surface area contributed by atoms with Crippen LogP contribution in [0.1, 0.15) is 43.7 Å². The molecule has 33 heavy (non-hydrogen) atoms. The minimum absolute atomic E-state index is 0.0705. The van der Waals surface area contributed by atoms with Crippen molar-refractivity contribution in [2.24, 2.45) is 10.2 Å². The standard InChI is InChI=1S/C25H31N3O4S/c1-4-5-6-7-13-32-21-12-11-19(15-22(21)31-3)17-26-28-25-27-24(29)23(33-25)16-18-9-8-10-20(14-18)30-2/h8-12,14-15,17,23H,4-7,13,16H2,1-3H3,(H,27,28,29)/b26-17-/t23-/m0/s1. The zero-order chi connectivity index (χ0) is 23.5. The zero-order valence-corrected chi connectivity index (χ0v) is 20.2. The number of amides is 1. The molecule has 0 unspecified atom stereocenters. The Bertz CT molecular complexity index is 993. The second-order valence-corrected chi connectivity index (χ2v) is 8.81. The average Bonchev–Trinajstić information content (AvgIpc) is 3.18. The van der Waals surface area contributed by atoms with E-state index in [9.17, 15) is 4.79 Å². The second kappa shape index (κ2) is 12.9. The molecule has 7 nitrogen and oxygen atoms in total. The van der Waals surface area contributed by atoms with Crippen LogP contribution in [0.3, 0.4) is 0 Å². The first kappa shape index (κ1) is 24.6. The van der Waals surface area contributed by atoms with E-state index in [1.54, 1.807) is 20.4 Å². The normalized spacial score (nSPS) is 16.9. The molecule has 0 bridgehead atoms. The lowest BCUT2D eigenvalue weighted by molar-refractivity contribution is -0.118. The monoisotopic (exact) mass is 469 g/mol. The highest BCUT2D eigenvalue weighted by Gasteiger charge is 2.30. The Balaban J connectivity index is 1.56. The van der Waals surface area contributed by atoms with Crippen molar-refractivity contribution >= 4 is 29.1 Å². The van der Waals surface area contributed by atoms with Gasteiger partial charge in [-0.15, -0.1) is 5.10 Å². The summed E-state index contributed by atoms with van der Waals surface area (Å²) in [6, 6.07) is 13.4. The van der Waals surface area contributed by atoms with Gasteiger partial charge in [-0.2, -0.15) is 5.10 Å². The van der Waals surface area contributed by atoms with Crippen LogP contribution >= 0.6 is 11.8 Å². The first-order valence-corrected chi connectivity index (χ1v) is 12.0. The Morgan fingerprint density at radius 2 is 1.94 bits per heavy atom. The number of thioether (sulfide) groups is 1. The number of nitrogens with zero attached hydrogens (tertiary/aromatic N) is 2. The number of amidine groups is 1. The van der Waals surface area contributed by atoms with Gasteiger partial charge in [-0.3, -0.25) is 4.79 Å². The molecule has 1 heterocycles. The molecular formula is C25H31N3O4S. The van der Waals surface area contributed by atoms with Gasteiger partial charge in [0, 0.05) is 0 Å². The van der Waals surface area contributed by atoms with Crippen molar-refractivity contribution in [2.75, 3.05) is 20.8 Å². The van der Waals surface area contributed by atoms with Crippen molar-refractivity contribution in [3.8, 4) is 17.2 Å². The third kappa shape index (κ3) is 7.53. The molecule has 0 spiro atoms. The van der Waals surface area contributed by atoms with Gasteiger partial charge < -0.3 is 19.5 Å². The van der Waals surface area contributed by atoms with Gasteiger partial charge in [0.05, 0.1) is 32.3 Å². The van der Waals surface area contributed by atoms with Crippen molar-refractivity contribution < 1.29 is 19.0 Å². The zero-order valence-electron chi connectivity index (χ0n) is 19.4. The van der Waals surface area contributed by atoms with E-state index in [0.717, 1.165) is 29.0 Å². The van der Waals surface area contributed by atoms with Crippen LogP contribution in [0.5, 0.6) is 17.2 Å². The summed E-state index contributed by atoms with van der Waals surface area (Å²) in [5.41, 5.74) is 1.86. The molecule has 3 rings (SSSR count). The quantitative estimate of drug-likeness (QED) is 0.274. The number of carbonyl (C=O) groups excluding carboxylic acids is 1. The predicted octanol–water partition coefficient (Wildman–Crippen LogP) is 4.83. The van der Waals surface area contributed by atoms with Gasteiger partial charge in [-0.05, 0) is 54.3 Å². The number of hydrogen-bond acceptors (Lipinski definition) is 7. The lowest BCUT2D eigenvalue weighted by atomic mass is 10.1. The van der Waals surface area contributed by atoms with E-state index in [0.29, 0.717) is 23.9 Å². The predicted molar refractivity (Wildman–Crippen MR) is 134 cm³/mol. The average molecular weight is 470 g/mol. The number of rotatable bonds is 12. The molecule has 2 aromatic rings. The van der Waals surface area contributed by atoms with Crippen molar-refractivity contribution in [1.29, 1.82) is 0 Å². The molecule has 1 aliphatic heterocycles. The number of unbranched alkanes of at least 4 members (excludes halogenated alkanes) is 3. The molecule has 8 heteroatoms. The summed E-state index contributed by atoms with van der Waals surface area (Å²) in [6.45, 7) is 2.86. The van der Waals surface area contributed by atoms with Crippen molar-refractivity contribution in [2.45, 2.75) is 44.3 Å². The molecule has 1 atom stereocenters. The van der Waals surface area contributed by atoms with Gasteiger partial charge in [0.2, 0.25) is 5.91 Å². The summed E-state index contributed by atoms with van der Waals surface area (Å²) in [5, 5.41) is 11.3. The van der Waals surface area contributed by atoms with Gasteiger partial charge >= 0.3 is 0 Å². The fourth-order valence-corrected chi connectivity index (χ4v) is 4.31. The van der Waals surface area contributed by atoms with Crippen LogP contribution in [0, 0.1) is 0 Å². The van der Waals surface area contributed by atoms with E-state index >= 15 is 0 Å². The molecule has 1 fully saturated rings. The van der Waals surface area contributed by atoms with E-state index in [1.807, 2.05) is 42.5 Å². The van der Waals surface area contributed by atoms with Gasteiger partial charge in [0.25, 0.3) is 0 Å². The molecule has 1 amide bonds. The van der Waals surface area contributed by atoms with E-state index in [-0.39, 0.29) is 11.2 Å². The summed E-state index contributed by atoms with van der Waals surface area (Å²) in [7, 11) is 3.25. The Kier molecular flexibility index (Phi) is 9.62. The molecule has 176 valence electrons. The summed E-state index contributed by atoms with van der Waals surface area (Å²) >= 11 is 1.38. The molecule has 0 aliphatic carbocycles. The lowest BCUT2D eigenvalue weighted by Gasteiger charge is -2.11. The minimum Gasteiger partial charge on any atom is -0.497 e. The molecule has 0 saturated carbocycles. The van der Waals surface area contributed by atoms with Crippen molar-refractivity contribution in [3.05, 3.63) is 53.6 Å². The third-order valence-electron chi connectivity index (χ3n) is 5.13. The van der Waals surface area contributed by atoms with Crippen LogP contribution in [0.4, 0.5) is 0 Å². The third-order valence-corrected chi connectivity index (χ3v) is 6.20. The highest BCUT2D eigenvalue weighted by atomic mass is 32.2. The fourth-order valence-electron chi connectivity index (χ4n) is 3.34. The molecule has 2 aromatic carbocycles. The maximum Gasteiger partial charge on any atom is 0.239 e. The van der Waals surface area contributed by atoms with Gasteiger partial charge in [-0.1, -0.05) is 50.1 Å². The summed E-state index contributed by atoms with van der Waals surface area (Å²) in [5.74, 6) is 2.08. The molecule has 1 N–H and O–H groups in total. The molecule has 0 aromatic heterocycles. The topological polar surface area (TPSA) is 81.5 Å². The number of carbonyl (C=O) groups is 1. The molecule has 0 radical (unpaired) electrons. The summed E-state index contributed by atoms with van der Waals surface area (Å²) in [6.07, 6.45) is 6.83. The summed E-state index contributed by atoms with van der Waals surface area (Å²) < 4.78 is 16.6. The Hall–Kier alpha value is -3.00. The summed E-state index contributed by atoms with van der Waals surface area (Å²) in [4.78, 5) is 12.3.